The fraction of sp³-hybridized carbons (Fsp3) is 0.278. The van der Waals surface area contributed by atoms with Gasteiger partial charge in [0.25, 0.3) is 10.9 Å². The van der Waals surface area contributed by atoms with Gasteiger partial charge in [0.05, 0.1) is 11.3 Å². The molecule has 1 unspecified atom stereocenters. The number of carbonyl (C=O) groups excluding carboxylic acids is 3. The number of nitrogens with zero attached hydrogens (tertiary/aromatic N) is 3. The second-order valence-corrected chi connectivity index (χ2v) is 7.61. The number of aromatic nitrogens is 1. The quantitative estimate of drug-likeness (QED) is 0.123. The molecule has 2 aromatic rings. The highest BCUT2D eigenvalue weighted by atomic mass is 35.5. The zero-order valence-electron chi connectivity index (χ0n) is 16.4. The summed E-state index contributed by atoms with van der Waals surface area (Å²) in [5.41, 5.74) is 0.276. The second kappa shape index (κ2) is 12.1. The Balaban J connectivity index is 1.89. The van der Waals surface area contributed by atoms with Gasteiger partial charge in [-0.15, -0.1) is 22.9 Å². The van der Waals surface area contributed by atoms with Gasteiger partial charge in [-0.3, -0.25) is 24.5 Å². The van der Waals surface area contributed by atoms with Gasteiger partial charge in [0.1, 0.15) is 24.3 Å². The van der Waals surface area contributed by atoms with Crippen LogP contribution < -0.4 is 5.32 Å². The minimum Gasteiger partial charge on any atom is -0.461 e. The Morgan fingerprint density at radius 2 is 2.00 bits per heavy atom. The van der Waals surface area contributed by atoms with Crippen molar-refractivity contribution in [2.24, 2.45) is 5.16 Å². The lowest BCUT2D eigenvalue weighted by Crippen LogP contribution is -2.17. The maximum atomic E-state index is 12.0. The fourth-order valence-corrected chi connectivity index (χ4v) is 3.04. The summed E-state index contributed by atoms with van der Waals surface area (Å²) in [5, 5.41) is 17.4. The Morgan fingerprint density at radius 1 is 1.31 bits per heavy atom. The molecule has 0 saturated heterocycles. The Bertz CT molecular complexity index is 1030. The Kier molecular flexibility index (Phi) is 9.50. The van der Waals surface area contributed by atoms with Crippen LogP contribution in [0.4, 0.5) is 10.8 Å². The van der Waals surface area contributed by atoms with Gasteiger partial charge >= 0.3 is 5.97 Å². The molecule has 32 heavy (non-hydrogen) atoms. The van der Waals surface area contributed by atoms with Gasteiger partial charge in [-0.25, -0.2) is 4.98 Å². The summed E-state index contributed by atoms with van der Waals surface area (Å²) in [6.07, 6.45) is -0.951. The maximum absolute atomic E-state index is 12.0. The van der Waals surface area contributed by atoms with Crippen molar-refractivity contribution in [2.75, 3.05) is 11.2 Å². The third-order valence-corrected chi connectivity index (χ3v) is 4.81. The number of thiazole rings is 1. The smallest absolute Gasteiger partial charge is 0.309 e. The first-order valence-corrected chi connectivity index (χ1v) is 10.6. The summed E-state index contributed by atoms with van der Waals surface area (Å²) >= 11 is 12.0. The minimum absolute atomic E-state index is 0.0711. The van der Waals surface area contributed by atoms with E-state index in [0.717, 1.165) is 11.3 Å². The van der Waals surface area contributed by atoms with Gasteiger partial charge in [0, 0.05) is 17.5 Å². The average molecular weight is 503 g/mol. The molecule has 0 fully saturated rings. The van der Waals surface area contributed by atoms with E-state index >= 15 is 0 Å². The summed E-state index contributed by atoms with van der Waals surface area (Å²) in [5.74, 6) is -1.34. The van der Waals surface area contributed by atoms with Crippen LogP contribution in [-0.4, -0.2) is 44.7 Å². The lowest BCUT2D eigenvalue weighted by atomic mass is 10.2. The number of esters is 1. The van der Waals surface area contributed by atoms with Gasteiger partial charge in [-0.1, -0.05) is 5.16 Å². The monoisotopic (exact) mass is 502 g/mol. The largest absolute Gasteiger partial charge is 0.461 e. The number of benzene rings is 1. The highest BCUT2D eigenvalue weighted by Crippen LogP contribution is 2.18. The van der Waals surface area contributed by atoms with Crippen LogP contribution in [0.3, 0.4) is 0 Å². The first-order chi connectivity index (χ1) is 15.2. The molecule has 0 spiro atoms. The number of non-ortho nitro benzene ring substituents is 1. The SMILES string of the molecule is CC(CC(=O)OCc1ccc([N+](=O)[O-])cc1)O/N=C(\C(=O)Cl)c1csc(NC(=O)CCl)n1. The van der Waals surface area contributed by atoms with Crippen LogP contribution in [-0.2, 0) is 30.6 Å². The number of nitrogens with one attached hydrogen (secondary N) is 1. The van der Waals surface area contributed by atoms with E-state index in [1.807, 2.05) is 0 Å². The number of hydrogen-bond donors (Lipinski definition) is 1. The minimum atomic E-state index is -0.946. The molecule has 11 nitrogen and oxygen atoms in total. The highest BCUT2D eigenvalue weighted by Gasteiger charge is 2.19. The molecule has 1 aromatic carbocycles. The predicted octanol–water partition coefficient (Wildman–Crippen LogP) is 3.24. The van der Waals surface area contributed by atoms with Crippen molar-refractivity contribution in [3.63, 3.8) is 0 Å². The molecule has 0 bridgehead atoms. The van der Waals surface area contributed by atoms with Crippen LogP contribution >= 0.6 is 34.5 Å². The molecule has 170 valence electrons. The number of nitro benzene ring substituents is 1. The number of alkyl halides is 1. The van der Waals surface area contributed by atoms with Crippen LogP contribution in [0.5, 0.6) is 0 Å². The normalized spacial score (nSPS) is 12.0. The summed E-state index contributed by atoms with van der Waals surface area (Å²) in [6, 6.07) is 5.57. The van der Waals surface area contributed by atoms with E-state index in [1.165, 1.54) is 36.6 Å². The lowest BCUT2D eigenvalue weighted by molar-refractivity contribution is -0.384. The maximum Gasteiger partial charge on any atom is 0.309 e. The molecular formula is C18H16Cl2N4O7S. The van der Waals surface area contributed by atoms with Crippen molar-refractivity contribution in [3.05, 3.63) is 51.0 Å². The number of rotatable bonds is 11. The van der Waals surface area contributed by atoms with Crippen molar-refractivity contribution < 1.29 is 28.9 Å². The average Bonchev–Trinajstić information content (AvgIpc) is 3.20. The number of oxime groups is 1. The van der Waals surface area contributed by atoms with Gasteiger partial charge in [-0.05, 0) is 36.2 Å². The Morgan fingerprint density at radius 3 is 2.59 bits per heavy atom. The van der Waals surface area contributed by atoms with Crippen LogP contribution in [0.2, 0.25) is 0 Å². The van der Waals surface area contributed by atoms with Crippen LogP contribution in [0.25, 0.3) is 0 Å². The molecule has 0 aliphatic rings. The van der Waals surface area contributed by atoms with E-state index in [9.17, 15) is 24.5 Å². The lowest BCUT2D eigenvalue weighted by Gasteiger charge is -2.10. The number of carbonyl (C=O) groups is 3. The molecule has 1 amide bonds. The predicted molar refractivity (Wildman–Crippen MR) is 117 cm³/mol. The van der Waals surface area contributed by atoms with E-state index in [0.29, 0.717) is 5.56 Å². The molecule has 0 saturated carbocycles. The first kappa shape index (κ1) is 25.2. The summed E-state index contributed by atoms with van der Waals surface area (Å²) in [4.78, 5) is 54.2. The Labute approximate surface area is 195 Å². The molecular weight excluding hydrogens is 487 g/mol. The van der Waals surface area contributed by atoms with Crippen molar-refractivity contribution in [1.29, 1.82) is 0 Å². The van der Waals surface area contributed by atoms with Crippen LogP contribution in [0.15, 0.2) is 34.8 Å². The fourth-order valence-electron chi connectivity index (χ4n) is 2.13. The zero-order chi connectivity index (χ0) is 23.7. The van der Waals surface area contributed by atoms with Crippen LogP contribution in [0.1, 0.15) is 24.6 Å². The van der Waals surface area contributed by atoms with Crippen molar-refractivity contribution in [1.82, 2.24) is 4.98 Å². The second-order valence-electron chi connectivity index (χ2n) is 6.14. The molecule has 1 N–H and O–H groups in total. The molecule has 1 heterocycles. The van der Waals surface area contributed by atoms with E-state index in [4.69, 9.17) is 32.8 Å². The van der Waals surface area contributed by atoms with E-state index in [-0.39, 0.29) is 41.1 Å². The highest BCUT2D eigenvalue weighted by molar-refractivity contribution is 7.14. The molecule has 1 aromatic heterocycles. The molecule has 1 atom stereocenters. The molecule has 0 aliphatic heterocycles. The Hall–Kier alpha value is -3.09. The molecule has 0 aliphatic carbocycles. The van der Waals surface area contributed by atoms with E-state index in [2.05, 4.69) is 15.5 Å². The standard InChI is InChI=1S/C18H16Cl2N4O7S/c1-10(6-15(26)30-8-11-2-4-12(5-3-11)24(28)29)31-23-16(17(20)27)13-9-32-18(21-13)22-14(25)7-19/h2-5,9-10H,6-8H2,1H3,(H,21,22,25)/b23-16-. The van der Waals surface area contributed by atoms with Gasteiger partial charge < -0.3 is 14.9 Å². The van der Waals surface area contributed by atoms with Crippen molar-refractivity contribution in [3.8, 4) is 0 Å². The number of anilines is 1. The number of amides is 1. The number of halogens is 2. The topological polar surface area (TPSA) is 150 Å². The summed E-state index contributed by atoms with van der Waals surface area (Å²) < 4.78 is 5.10. The van der Waals surface area contributed by atoms with Gasteiger partial charge in [0.15, 0.2) is 10.8 Å². The molecule has 14 heteroatoms. The number of hydrogen-bond acceptors (Lipinski definition) is 10. The summed E-state index contributed by atoms with van der Waals surface area (Å²) in [6.45, 7) is 1.45. The van der Waals surface area contributed by atoms with Gasteiger partial charge in [0.2, 0.25) is 5.91 Å². The molecule has 0 radical (unpaired) electrons. The van der Waals surface area contributed by atoms with Gasteiger partial charge in [-0.2, -0.15) is 0 Å². The number of ether oxygens (including phenoxy) is 1. The first-order valence-electron chi connectivity index (χ1n) is 8.84. The van der Waals surface area contributed by atoms with Crippen LogP contribution in [0, 0.1) is 10.1 Å². The van der Waals surface area contributed by atoms with E-state index in [1.54, 1.807) is 0 Å². The third-order valence-electron chi connectivity index (χ3n) is 3.63. The van der Waals surface area contributed by atoms with Crippen molar-refractivity contribution in [2.45, 2.75) is 26.1 Å². The summed E-state index contributed by atoms with van der Waals surface area (Å²) in [7, 11) is 0. The zero-order valence-corrected chi connectivity index (χ0v) is 18.8. The van der Waals surface area contributed by atoms with Crippen molar-refractivity contribution >= 4 is 68.2 Å². The molecule has 2 rings (SSSR count). The number of nitro groups is 1. The van der Waals surface area contributed by atoms with E-state index < -0.39 is 28.1 Å². The third kappa shape index (κ3) is 7.87.